The number of nitrogens with zero attached hydrogens (tertiary/aromatic N) is 1. The van der Waals surface area contributed by atoms with E-state index < -0.39 is 5.91 Å². The van der Waals surface area contributed by atoms with Gasteiger partial charge in [-0.25, -0.2) is 0 Å². The molecule has 120 valence electrons. The van der Waals surface area contributed by atoms with Gasteiger partial charge in [0.05, 0.1) is 17.0 Å². The Hall–Kier alpha value is -2.56. The number of primary amides is 1. The molecular weight excluding hydrogens is 290 g/mol. The van der Waals surface area contributed by atoms with Crippen LogP contribution in [0.1, 0.15) is 44.8 Å². The number of benzene rings is 1. The SMILES string of the molecule is CNc1cc(-c2c(C)c(C)c3n2CCCC3=O)ccc1C(N)=O. The molecule has 1 amide bonds. The van der Waals surface area contributed by atoms with E-state index in [9.17, 15) is 9.59 Å². The Morgan fingerprint density at radius 3 is 2.57 bits per heavy atom. The van der Waals surface area contributed by atoms with Crippen LogP contribution in [-0.2, 0) is 6.54 Å². The fourth-order valence-corrected chi connectivity index (χ4v) is 3.46. The summed E-state index contributed by atoms with van der Waals surface area (Å²) in [4.78, 5) is 23.8. The topological polar surface area (TPSA) is 77.1 Å². The molecule has 23 heavy (non-hydrogen) atoms. The number of ketones is 1. The summed E-state index contributed by atoms with van der Waals surface area (Å²) in [6.07, 6.45) is 1.48. The van der Waals surface area contributed by atoms with Crippen LogP contribution in [0, 0.1) is 13.8 Å². The molecule has 0 atom stereocenters. The number of hydrogen-bond acceptors (Lipinski definition) is 3. The highest BCUT2D eigenvalue weighted by Gasteiger charge is 2.26. The lowest BCUT2D eigenvalue weighted by Crippen LogP contribution is -2.18. The minimum absolute atomic E-state index is 0.214. The molecule has 3 N–H and O–H groups in total. The van der Waals surface area contributed by atoms with Crippen molar-refractivity contribution in [2.75, 3.05) is 12.4 Å². The quantitative estimate of drug-likeness (QED) is 0.915. The van der Waals surface area contributed by atoms with E-state index in [0.717, 1.165) is 41.0 Å². The molecule has 5 nitrogen and oxygen atoms in total. The monoisotopic (exact) mass is 311 g/mol. The minimum atomic E-state index is -0.457. The largest absolute Gasteiger partial charge is 0.387 e. The van der Waals surface area contributed by atoms with Gasteiger partial charge in [-0.1, -0.05) is 6.07 Å². The maximum Gasteiger partial charge on any atom is 0.250 e. The minimum Gasteiger partial charge on any atom is -0.387 e. The molecule has 0 spiro atoms. The number of rotatable bonds is 3. The Bertz CT molecular complexity index is 818. The number of carbonyl (C=O) groups is 2. The molecule has 1 aliphatic heterocycles. The molecule has 2 aromatic rings. The Labute approximate surface area is 135 Å². The van der Waals surface area contributed by atoms with E-state index in [1.807, 2.05) is 26.0 Å². The van der Waals surface area contributed by atoms with E-state index in [0.29, 0.717) is 17.7 Å². The molecule has 2 heterocycles. The van der Waals surface area contributed by atoms with E-state index in [-0.39, 0.29) is 5.78 Å². The van der Waals surface area contributed by atoms with Crippen LogP contribution in [-0.4, -0.2) is 23.3 Å². The van der Waals surface area contributed by atoms with Crippen LogP contribution in [0.25, 0.3) is 11.3 Å². The number of anilines is 1. The average Bonchev–Trinajstić information content (AvgIpc) is 2.79. The summed E-state index contributed by atoms with van der Waals surface area (Å²) in [5.41, 5.74) is 11.6. The van der Waals surface area contributed by atoms with E-state index in [2.05, 4.69) is 9.88 Å². The van der Waals surface area contributed by atoms with Crippen molar-refractivity contribution in [3.8, 4) is 11.3 Å². The number of aromatic nitrogens is 1. The number of nitrogens with two attached hydrogens (primary N) is 1. The van der Waals surface area contributed by atoms with Gasteiger partial charge in [0.2, 0.25) is 0 Å². The maximum absolute atomic E-state index is 12.3. The molecule has 0 unspecified atom stereocenters. The molecule has 1 aromatic carbocycles. The summed E-state index contributed by atoms with van der Waals surface area (Å²) in [7, 11) is 1.76. The zero-order valence-electron chi connectivity index (χ0n) is 13.7. The van der Waals surface area contributed by atoms with Crippen molar-refractivity contribution >= 4 is 17.4 Å². The lowest BCUT2D eigenvalue weighted by Gasteiger charge is -2.18. The average molecular weight is 311 g/mol. The van der Waals surface area contributed by atoms with Crippen molar-refractivity contribution < 1.29 is 9.59 Å². The normalized spacial score (nSPS) is 13.8. The molecule has 1 aliphatic rings. The fourth-order valence-electron chi connectivity index (χ4n) is 3.46. The molecule has 3 rings (SSSR count). The summed E-state index contributed by atoms with van der Waals surface area (Å²) in [5, 5.41) is 3.03. The summed E-state index contributed by atoms with van der Waals surface area (Å²) >= 11 is 0. The van der Waals surface area contributed by atoms with Gasteiger partial charge in [0.25, 0.3) is 5.91 Å². The van der Waals surface area contributed by atoms with E-state index in [1.54, 1.807) is 13.1 Å². The standard InChI is InChI=1S/C18H21N3O2/c1-10-11(2)17-15(22)5-4-8-21(17)16(10)12-6-7-13(18(19)23)14(9-12)20-3/h6-7,9,20H,4-5,8H2,1-3H3,(H2,19,23). The third-order valence-electron chi connectivity index (χ3n) is 4.69. The van der Waals surface area contributed by atoms with Crippen LogP contribution in [0.2, 0.25) is 0 Å². The molecule has 0 saturated heterocycles. The Morgan fingerprint density at radius 1 is 1.22 bits per heavy atom. The Balaban J connectivity index is 2.22. The van der Waals surface area contributed by atoms with E-state index in [4.69, 9.17) is 5.73 Å². The van der Waals surface area contributed by atoms with Gasteiger partial charge < -0.3 is 15.6 Å². The predicted molar refractivity (Wildman–Crippen MR) is 91.0 cm³/mol. The molecular formula is C18H21N3O2. The zero-order valence-corrected chi connectivity index (χ0v) is 13.7. The van der Waals surface area contributed by atoms with Crippen LogP contribution in [0.3, 0.4) is 0 Å². The van der Waals surface area contributed by atoms with Crippen molar-refractivity contribution in [3.63, 3.8) is 0 Å². The van der Waals surface area contributed by atoms with Crippen LogP contribution in [0.15, 0.2) is 18.2 Å². The number of amides is 1. The summed E-state index contributed by atoms with van der Waals surface area (Å²) < 4.78 is 2.12. The lowest BCUT2D eigenvalue weighted by atomic mass is 10.0. The van der Waals surface area contributed by atoms with Crippen molar-refractivity contribution in [1.29, 1.82) is 0 Å². The molecule has 0 fully saturated rings. The summed E-state index contributed by atoms with van der Waals surface area (Å²) in [5.74, 6) is -0.244. The van der Waals surface area contributed by atoms with E-state index in [1.165, 1.54) is 0 Å². The molecule has 0 radical (unpaired) electrons. The third-order valence-corrected chi connectivity index (χ3v) is 4.69. The highest BCUT2D eigenvalue weighted by molar-refractivity contribution is 6.00. The molecule has 0 bridgehead atoms. The Morgan fingerprint density at radius 2 is 1.91 bits per heavy atom. The molecule has 0 aliphatic carbocycles. The first-order valence-corrected chi connectivity index (χ1v) is 7.80. The highest BCUT2D eigenvalue weighted by Crippen LogP contribution is 2.35. The second-order valence-electron chi connectivity index (χ2n) is 6.00. The second-order valence-corrected chi connectivity index (χ2v) is 6.00. The maximum atomic E-state index is 12.3. The Kier molecular flexibility index (Phi) is 3.72. The van der Waals surface area contributed by atoms with Crippen molar-refractivity contribution in [2.24, 2.45) is 5.73 Å². The molecule has 5 heteroatoms. The van der Waals surface area contributed by atoms with Crippen molar-refractivity contribution in [3.05, 3.63) is 40.6 Å². The van der Waals surface area contributed by atoms with Gasteiger partial charge in [0, 0.05) is 31.3 Å². The zero-order chi connectivity index (χ0) is 16.7. The number of hydrogen-bond donors (Lipinski definition) is 2. The van der Waals surface area contributed by atoms with Crippen LogP contribution in [0.5, 0.6) is 0 Å². The van der Waals surface area contributed by atoms with Crippen LogP contribution >= 0.6 is 0 Å². The van der Waals surface area contributed by atoms with Gasteiger partial charge in [-0.3, -0.25) is 9.59 Å². The smallest absolute Gasteiger partial charge is 0.250 e. The first-order chi connectivity index (χ1) is 11.0. The van der Waals surface area contributed by atoms with Gasteiger partial charge in [-0.15, -0.1) is 0 Å². The number of fused-ring (bicyclic) bond motifs is 1. The number of Topliss-reactive ketones (excluding diaryl/α,β-unsaturated/α-hetero) is 1. The lowest BCUT2D eigenvalue weighted by molar-refractivity contribution is 0.0953. The summed E-state index contributed by atoms with van der Waals surface area (Å²) in [6, 6.07) is 5.56. The second kappa shape index (κ2) is 5.57. The number of carbonyl (C=O) groups excluding carboxylic acids is 2. The first kappa shape index (κ1) is 15.3. The van der Waals surface area contributed by atoms with Gasteiger partial charge in [0.1, 0.15) is 0 Å². The van der Waals surface area contributed by atoms with Crippen LogP contribution in [0.4, 0.5) is 5.69 Å². The number of nitrogens with one attached hydrogen (secondary N) is 1. The first-order valence-electron chi connectivity index (χ1n) is 7.80. The van der Waals surface area contributed by atoms with Gasteiger partial charge >= 0.3 is 0 Å². The highest BCUT2D eigenvalue weighted by atomic mass is 16.1. The fraction of sp³-hybridized carbons (Fsp3) is 0.333. The van der Waals surface area contributed by atoms with Crippen LogP contribution < -0.4 is 11.1 Å². The third kappa shape index (κ3) is 2.32. The van der Waals surface area contributed by atoms with Crippen molar-refractivity contribution in [2.45, 2.75) is 33.2 Å². The molecule has 1 aromatic heterocycles. The van der Waals surface area contributed by atoms with Gasteiger partial charge in [-0.2, -0.15) is 0 Å². The van der Waals surface area contributed by atoms with E-state index >= 15 is 0 Å². The molecule has 0 saturated carbocycles. The predicted octanol–water partition coefficient (Wildman–Crippen LogP) is 2.89. The van der Waals surface area contributed by atoms with Gasteiger partial charge in [-0.05, 0) is 43.5 Å². The summed E-state index contributed by atoms with van der Waals surface area (Å²) in [6.45, 7) is 4.90. The van der Waals surface area contributed by atoms with Crippen molar-refractivity contribution in [1.82, 2.24) is 4.57 Å². The van der Waals surface area contributed by atoms with Gasteiger partial charge in [0.15, 0.2) is 5.78 Å².